The van der Waals surface area contributed by atoms with Crippen molar-refractivity contribution in [2.24, 2.45) is 0 Å². The van der Waals surface area contributed by atoms with Crippen molar-refractivity contribution >= 4 is 40.4 Å². The average Bonchev–Trinajstić information content (AvgIpc) is 3.34. The van der Waals surface area contributed by atoms with Crippen LogP contribution in [-0.2, 0) is 17.8 Å². The van der Waals surface area contributed by atoms with E-state index in [2.05, 4.69) is 15.0 Å². The Hall–Kier alpha value is -1.93. The van der Waals surface area contributed by atoms with Gasteiger partial charge in [0.15, 0.2) is 5.82 Å². The van der Waals surface area contributed by atoms with Crippen molar-refractivity contribution in [2.75, 3.05) is 26.2 Å². The topological polar surface area (TPSA) is 62.5 Å². The summed E-state index contributed by atoms with van der Waals surface area (Å²) in [6, 6.07) is 9.12. The van der Waals surface area contributed by atoms with Crippen molar-refractivity contribution < 1.29 is 9.32 Å². The van der Waals surface area contributed by atoms with Crippen molar-refractivity contribution in [3.05, 3.63) is 56.5 Å². The van der Waals surface area contributed by atoms with Crippen LogP contribution in [-0.4, -0.2) is 52.0 Å². The molecule has 3 heterocycles. The third-order valence-electron chi connectivity index (χ3n) is 4.63. The number of rotatable bonds is 5. The molecule has 0 radical (unpaired) electrons. The maximum absolute atomic E-state index is 12.4. The van der Waals surface area contributed by atoms with Gasteiger partial charge in [0.25, 0.3) is 5.89 Å². The van der Waals surface area contributed by atoms with Crippen LogP contribution in [0.15, 0.2) is 40.2 Å². The lowest BCUT2D eigenvalue weighted by molar-refractivity contribution is -0.132. The number of hydrogen-bond donors (Lipinski definition) is 0. The molecule has 146 valence electrons. The highest BCUT2D eigenvalue weighted by Gasteiger charge is 2.23. The first kappa shape index (κ1) is 19.4. The molecule has 2 aromatic heterocycles. The first-order valence-electron chi connectivity index (χ1n) is 8.89. The normalized spacial score (nSPS) is 15.1. The predicted molar refractivity (Wildman–Crippen MR) is 110 cm³/mol. The van der Waals surface area contributed by atoms with Crippen molar-refractivity contribution in [3.8, 4) is 11.5 Å². The predicted octanol–water partition coefficient (Wildman–Crippen LogP) is 3.99. The van der Waals surface area contributed by atoms with E-state index in [9.17, 15) is 4.79 Å². The van der Waals surface area contributed by atoms with E-state index in [1.165, 1.54) is 0 Å². The molecule has 1 saturated heterocycles. The number of thiophene rings is 1. The summed E-state index contributed by atoms with van der Waals surface area (Å²) in [5.74, 6) is 1.15. The van der Waals surface area contributed by atoms with Gasteiger partial charge in [0.05, 0.1) is 23.6 Å². The Morgan fingerprint density at radius 2 is 2.00 bits per heavy atom. The number of halogens is 2. The third kappa shape index (κ3) is 4.55. The van der Waals surface area contributed by atoms with E-state index in [1.807, 2.05) is 22.4 Å². The number of aromatic nitrogens is 2. The van der Waals surface area contributed by atoms with Crippen molar-refractivity contribution in [1.29, 1.82) is 0 Å². The van der Waals surface area contributed by atoms with Gasteiger partial charge in [-0.2, -0.15) is 4.98 Å². The smallest absolute Gasteiger partial charge is 0.259 e. The lowest BCUT2D eigenvalue weighted by Crippen LogP contribution is -2.48. The number of piperazine rings is 1. The molecule has 1 fully saturated rings. The van der Waals surface area contributed by atoms with Crippen LogP contribution in [0.25, 0.3) is 11.5 Å². The zero-order valence-electron chi connectivity index (χ0n) is 15.0. The van der Waals surface area contributed by atoms with Gasteiger partial charge in [0, 0.05) is 36.1 Å². The molecule has 1 amide bonds. The molecule has 9 heteroatoms. The summed E-state index contributed by atoms with van der Waals surface area (Å²) in [6.45, 7) is 3.54. The van der Waals surface area contributed by atoms with E-state index < -0.39 is 0 Å². The van der Waals surface area contributed by atoms with Crippen LogP contribution in [0.4, 0.5) is 0 Å². The Bertz CT molecular complexity index is 953. The van der Waals surface area contributed by atoms with Gasteiger partial charge in [-0.25, -0.2) is 0 Å². The molecule has 0 atom stereocenters. The Morgan fingerprint density at radius 3 is 2.71 bits per heavy atom. The molecule has 1 aromatic carbocycles. The quantitative estimate of drug-likeness (QED) is 0.604. The van der Waals surface area contributed by atoms with E-state index >= 15 is 0 Å². The summed E-state index contributed by atoms with van der Waals surface area (Å²) >= 11 is 13.7. The molecule has 0 N–H and O–H groups in total. The van der Waals surface area contributed by atoms with Crippen LogP contribution in [0.1, 0.15) is 10.7 Å². The fourth-order valence-corrected chi connectivity index (χ4v) is 4.31. The number of hydrogen-bond acceptors (Lipinski definition) is 6. The lowest BCUT2D eigenvalue weighted by atomic mass is 10.2. The SMILES string of the molecule is O=C(Cc1cccs1)N1CCN(Cc2noc(-c3ccc(Cl)cc3Cl)n2)CC1. The van der Waals surface area contributed by atoms with Gasteiger partial charge in [-0.1, -0.05) is 34.4 Å². The number of carbonyl (C=O) groups is 1. The summed E-state index contributed by atoms with van der Waals surface area (Å²) in [5.41, 5.74) is 0.661. The van der Waals surface area contributed by atoms with Crippen molar-refractivity contribution in [2.45, 2.75) is 13.0 Å². The van der Waals surface area contributed by atoms with E-state index in [4.69, 9.17) is 27.7 Å². The number of carbonyl (C=O) groups excluding carboxylic acids is 1. The van der Waals surface area contributed by atoms with E-state index in [-0.39, 0.29) is 5.91 Å². The molecule has 0 spiro atoms. The second-order valence-electron chi connectivity index (χ2n) is 6.55. The lowest BCUT2D eigenvalue weighted by Gasteiger charge is -2.34. The summed E-state index contributed by atoms with van der Waals surface area (Å²) < 4.78 is 5.35. The van der Waals surface area contributed by atoms with Crippen LogP contribution in [0, 0.1) is 0 Å². The molecule has 1 aliphatic rings. The molecule has 1 aliphatic heterocycles. The van der Waals surface area contributed by atoms with Gasteiger partial charge in [-0.3, -0.25) is 9.69 Å². The molecule has 0 aliphatic carbocycles. The van der Waals surface area contributed by atoms with Crippen LogP contribution in [0.2, 0.25) is 10.0 Å². The van der Waals surface area contributed by atoms with Gasteiger partial charge >= 0.3 is 0 Å². The second-order valence-corrected chi connectivity index (χ2v) is 8.43. The van der Waals surface area contributed by atoms with E-state index in [1.54, 1.807) is 29.5 Å². The molecule has 0 unspecified atom stereocenters. The molecular formula is C19H18Cl2N4O2S. The minimum atomic E-state index is 0.182. The molecule has 4 rings (SSSR count). The Morgan fingerprint density at radius 1 is 1.18 bits per heavy atom. The standard InChI is InChI=1S/C19H18Cl2N4O2S/c20-13-3-4-15(16(21)10-13)19-22-17(23-27-19)12-24-5-7-25(8-6-24)18(26)11-14-2-1-9-28-14/h1-4,9-10H,5-8,11-12H2. The molecule has 3 aromatic rings. The largest absolute Gasteiger partial charge is 0.340 e. The van der Waals surface area contributed by atoms with Gasteiger partial charge in [-0.15, -0.1) is 11.3 Å². The zero-order chi connectivity index (χ0) is 19.5. The summed E-state index contributed by atoms with van der Waals surface area (Å²) in [7, 11) is 0. The molecule has 28 heavy (non-hydrogen) atoms. The maximum Gasteiger partial charge on any atom is 0.259 e. The molecule has 6 nitrogen and oxygen atoms in total. The van der Waals surface area contributed by atoms with Gasteiger partial charge in [0.1, 0.15) is 0 Å². The molecular weight excluding hydrogens is 419 g/mol. The van der Waals surface area contributed by atoms with Crippen LogP contribution < -0.4 is 0 Å². The second kappa shape index (κ2) is 8.61. The molecule has 0 saturated carbocycles. The van der Waals surface area contributed by atoms with Crippen LogP contribution in [0.3, 0.4) is 0 Å². The summed E-state index contributed by atoms with van der Waals surface area (Å²) in [6.07, 6.45) is 0.480. The number of amides is 1. The summed E-state index contributed by atoms with van der Waals surface area (Å²) in [5, 5.41) is 7.08. The Labute approximate surface area is 176 Å². The Kier molecular flexibility index (Phi) is 5.96. The summed E-state index contributed by atoms with van der Waals surface area (Å²) in [4.78, 5) is 22.1. The highest BCUT2D eigenvalue weighted by Crippen LogP contribution is 2.29. The monoisotopic (exact) mass is 436 g/mol. The zero-order valence-corrected chi connectivity index (χ0v) is 17.3. The average molecular weight is 437 g/mol. The highest BCUT2D eigenvalue weighted by molar-refractivity contribution is 7.10. The highest BCUT2D eigenvalue weighted by atomic mass is 35.5. The van der Waals surface area contributed by atoms with Gasteiger partial charge in [-0.05, 0) is 29.6 Å². The number of benzene rings is 1. The minimum absolute atomic E-state index is 0.182. The molecule has 0 bridgehead atoms. The van der Waals surface area contributed by atoms with Crippen LogP contribution in [0.5, 0.6) is 0 Å². The van der Waals surface area contributed by atoms with Gasteiger partial charge < -0.3 is 9.42 Å². The first-order valence-corrected chi connectivity index (χ1v) is 10.5. The fraction of sp³-hybridized carbons (Fsp3) is 0.316. The van der Waals surface area contributed by atoms with Gasteiger partial charge in [0.2, 0.25) is 5.91 Å². The van der Waals surface area contributed by atoms with Crippen molar-refractivity contribution in [1.82, 2.24) is 19.9 Å². The fourth-order valence-electron chi connectivity index (χ4n) is 3.12. The first-order chi connectivity index (χ1) is 13.6. The van der Waals surface area contributed by atoms with Crippen LogP contribution >= 0.6 is 34.5 Å². The maximum atomic E-state index is 12.4. The van der Waals surface area contributed by atoms with E-state index in [0.717, 1.165) is 18.0 Å². The third-order valence-corrected chi connectivity index (χ3v) is 6.05. The van der Waals surface area contributed by atoms with E-state index in [0.29, 0.717) is 53.4 Å². The Balaban J connectivity index is 1.31. The minimum Gasteiger partial charge on any atom is -0.340 e. The van der Waals surface area contributed by atoms with Crippen molar-refractivity contribution in [3.63, 3.8) is 0 Å². The number of nitrogens with zero attached hydrogens (tertiary/aromatic N) is 4.